The van der Waals surface area contributed by atoms with Gasteiger partial charge in [0, 0.05) is 72.4 Å². The molecule has 1 aromatic carbocycles. The maximum atomic E-state index is 5.73. The number of piperazine rings is 1. The van der Waals surface area contributed by atoms with Crippen molar-refractivity contribution in [2.24, 2.45) is 10.9 Å². The molecule has 0 bridgehead atoms. The molecule has 1 aromatic rings. The number of likely N-dealkylation sites (tertiary alicyclic amines) is 1. The molecule has 0 radical (unpaired) electrons. The van der Waals surface area contributed by atoms with E-state index in [1.54, 1.807) is 7.11 Å². The zero-order chi connectivity index (χ0) is 21.9. The highest BCUT2D eigenvalue weighted by Gasteiger charge is 2.25. The summed E-state index contributed by atoms with van der Waals surface area (Å²) in [4.78, 5) is 12.0. The third-order valence-electron chi connectivity index (χ3n) is 6.44. The van der Waals surface area contributed by atoms with Crippen molar-refractivity contribution in [1.82, 2.24) is 20.0 Å². The third-order valence-corrected chi connectivity index (χ3v) is 6.44. The Morgan fingerprint density at radius 1 is 1.06 bits per heavy atom. The molecule has 182 valence electrons. The van der Waals surface area contributed by atoms with E-state index >= 15 is 0 Å². The second-order valence-electron chi connectivity index (χ2n) is 8.55. The van der Waals surface area contributed by atoms with Crippen LogP contribution in [0.3, 0.4) is 0 Å². The summed E-state index contributed by atoms with van der Waals surface area (Å²) in [5.74, 6) is 1.55. The Morgan fingerprint density at radius 3 is 2.47 bits per heavy atom. The van der Waals surface area contributed by atoms with Gasteiger partial charge in [-0.2, -0.15) is 0 Å². The van der Waals surface area contributed by atoms with Gasteiger partial charge >= 0.3 is 0 Å². The first-order chi connectivity index (χ1) is 15.2. The highest BCUT2D eigenvalue weighted by Crippen LogP contribution is 2.18. The van der Waals surface area contributed by atoms with Crippen molar-refractivity contribution in [3.8, 4) is 0 Å². The Hall–Kier alpha value is -0.940. The molecule has 32 heavy (non-hydrogen) atoms. The molecular formula is C24H42IN5O2. The molecule has 2 heterocycles. The van der Waals surface area contributed by atoms with Crippen LogP contribution >= 0.6 is 24.0 Å². The maximum Gasteiger partial charge on any atom is 0.193 e. The molecule has 0 amide bonds. The second-order valence-corrected chi connectivity index (χ2v) is 8.55. The number of ether oxygens (including phenoxy) is 2. The van der Waals surface area contributed by atoms with E-state index in [0.29, 0.717) is 19.1 Å². The number of rotatable bonds is 10. The summed E-state index contributed by atoms with van der Waals surface area (Å²) >= 11 is 0. The topological polar surface area (TPSA) is 52.6 Å². The van der Waals surface area contributed by atoms with Crippen LogP contribution in [0.25, 0.3) is 0 Å². The zero-order valence-corrected chi connectivity index (χ0v) is 22.4. The minimum Gasteiger partial charge on any atom is -0.382 e. The number of benzene rings is 1. The van der Waals surface area contributed by atoms with Gasteiger partial charge in [-0.3, -0.25) is 9.89 Å². The predicted molar refractivity (Wildman–Crippen MR) is 142 cm³/mol. The van der Waals surface area contributed by atoms with Crippen molar-refractivity contribution in [2.75, 3.05) is 79.8 Å². The van der Waals surface area contributed by atoms with Gasteiger partial charge in [-0.05, 0) is 24.1 Å². The van der Waals surface area contributed by atoms with Crippen molar-refractivity contribution < 1.29 is 9.47 Å². The van der Waals surface area contributed by atoms with Crippen LogP contribution in [-0.2, 0) is 22.6 Å². The molecule has 0 aliphatic carbocycles. The van der Waals surface area contributed by atoms with Gasteiger partial charge in [0.1, 0.15) is 0 Å². The number of nitrogens with one attached hydrogen (secondary N) is 1. The Labute approximate surface area is 211 Å². The number of aliphatic imine (C=N–C) groups is 1. The number of hydrogen-bond donors (Lipinski definition) is 1. The predicted octanol–water partition coefficient (Wildman–Crippen LogP) is 2.50. The monoisotopic (exact) mass is 559 g/mol. The number of halogens is 1. The Bertz CT molecular complexity index is 682. The molecule has 0 saturated carbocycles. The summed E-state index contributed by atoms with van der Waals surface area (Å²) in [6.45, 7) is 14.0. The lowest BCUT2D eigenvalue weighted by Gasteiger charge is -2.34. The maximum absolute atomic E-state index is 5.73. The highest BCUT2D eigenvalue weighted by atomic mass is 127. The lowest BCUT2D eigenvalue weighted by molar-refractivity contribution is 0.0536. The fraction of sp³-hybridized carbons (Fsp3) is 0.708. The van der Waals surface area contributed by atoms with Crippen LogP contribution in [-0.4, -0.2) is 100 Å². The molecule has 7 nitrogen and oxygen atoms in total. The fourth-order valence-corrected chi connectivity index (χ4v) is 4.45. The van der Waals surface area contributed by atoms with Gasteiger partial charge in [-0.15, -0.1) is 24.0 Å². The molecule has 2 saturated heterocycles. The quantitative estimate of drug-likeness (QED) is 0.206. The van der Waals surface area contributed by atoms with Crippen molar-refractivity contribution in [3.63, 3.8) is 0 Å². The van der Waals surface area contributed by atoms with E-state index in [1.807, 2.05) is 7.05 Å². The molecule has 3 rings (SSSR count). The highest BCUT2D eigenvalue weighted by molar-refractivity contribution is 14.0. The van der Waals surface area contributed by atoms with Gasteiger partial charge in [0.2, 0.25) is 0 Å². The lowest BCUT2D eigenvalue weighted by Crippen LogP contribution is -2.45. The Morgan fingerprint density at radius 2 is 1.78 bits per heavy atom. The Kier molecular flexibility index (Phi) is 12.8. The molecule has 1 atom stereocenters. The number of likely N-dealkylation sites (N-methyl/N-ethyl adjacent to an activating group) is 1. The van der Waals surface area contributed by atoms with E-state index in [0.717, 1.165) is 64.8 Å². The van der Waals surface area contributed by atoms with E-state index in [9.17, 15) is 0 Å². The van der Waals surface area contributed by atoms with Gasteiger partial charge in [0.25, 0.3) is 0 Å². The summed E-state index contributed by atoms with van der Waals surface area (Å²) in [6.07, 6.45) is 1.15. The van der Waals surface area contributed by atoms with E-state index in [-0.39, 0.29) is 24.0 Å². The number of hydrogen-bond acceptors (Lipinski definition) is 5. The fourth-order valence-electron chi connectivity index (χ4n) is 4.45. The zero-order valence-electron chi connectivity index (χ0n) is 20.1. The van der Waals surface area contributed by atoms with Gasteiger partial charge in [-0.1, -0.05) is 31.2 Å². The minimum atomic E-state index is 0. The van der Waals surface area contributed by atoms with Crippen LogP contribution in [0.4, 0.5) is 0 Å². The average molecular weight is 560 g/mol. The first-order valence-corrected chi connectivity index (χ1v) is 11.8. The molecule has 2 aliphatic heterocycles. The van der Waals surface area contributed by atoms with Crippen molar-refractivity contribution in [2.45, 2.75) is 26.4 Å². The first-order valence-electron chi connectivity index (χ1n) is 11.8. The number of methoxy groups -OCH3 is 1. The first kappa shape index (κ1) is 27.3. The van der Waals surface area contributed by atoms with Crippen LogP contribution in [0.15, 0.2) is 29.3 Å². The summed E-state index contributed by atoms with van der Waals surface area (Å²) < 4.78 is 10.8. The smallest absolute Gasteiger partial charge is 0.193 e. The van der Waals surface area contributed by atoms with Crippen LogP contribution in [0, 0.1) is 5.92 Å². The van der Waals surface area contributed by atoms with Crippen molar-refractivity contribution >= 4 is 29.9 Å². The summed E-state index contributed by atoms with van der Waals surface area (Å²) in [5.41, 5.74) is 2.78. The molecule has 0 aromatic heterocycles. The minimum absolute atomic E-state index is 0. The number of nitrogens with zero attached hydrogens (tertiary/aromatic N) is 4. The SMILES string of the molecule is CCN1CCN(Cc2ccccc2CNC(=NC)N2CCC(COCCOC)C2)CC1.I. The Balaban J connectivity index is 0.00000363. The van der Waals surface area contributed by atoms with Crippen LogP contribution in [0.2, 0.25) is 0 Å². The molecule has 0 spiro atoms. The van der Waals surface area contributed by atoms with Gasteiger partial charge in [-0.25, -0.2) is 0 Å². The van der Waals surface area contributed by atoms with Gasteiger partial charge < -0.3 is 24.6 Å². The third kappa shape index (κ3) is 8.44. The van der Waals surface area contributed by atoms with E-state index in [4.69, 9.17) is 9.47 Å². The summed E-state index contributed by atoms with van der Waals surface area (Å²) in [6, 6.07) is 8.82. The molecule has 2 aliphatic rings. The van der Waals surface area contributed by atoms with Gasteiger partial charge in [0.05, 0.1) is 19.8 Å². The normalized spacial score (nSPS) is 20.4. The van der Waals surface area contributed by atoms with Crippen molar-refractivity contribution in [3.05, 3.63) is 35.4 Å². The largest absolute Gasteiger partial charge is 0.382 e. The van der Waals surface area contributed by atoms with Crippen molar-refractivity contribution in [1.29, 1.82) is 0 Å². The van der Waals surface area contributed by atoms with Crippen LogP contribution in [0.5, 0.6) is 0 Å². The summed E-state index contributed by atoms with van der Waals surface area (Å²) in [7, 11) is 3.59. The average Bonchev–Trinajstić information content (AvgIpc) is 3.27. The standard InChI is InChI=1S/C24H41N5O2.HI/c1-4-27-11-13-28(14-12-27)19-23-8-6-5-7-22(23)17-26-24(25-2)29-10-9-21(18-29)20-31-16-15-30-3;/h5-8,21H,4,9-20H2,1-3H3,(H,25,26);1H. The summed E-state index contributed by atoms with van der Waals surface area (Å²) in [5, 5.41) is 3.61. The van der Waals surface area contributed by atoms with E-state index in [2.05, 4.69) is 56.2 Å². The molecule has 1 N–H and O–H groups in total. The lowest BCUT2D eigenvalue weighted by atomic mass is 10.1. The molecule has 2 fully saturated rings. The van der Waals surface area contributed by atoms with E-state index in [1.165, 1.54) is 24.2 Å². The molecule has 8 heteroatoms. The number of guanidine groups is 1. The van der Waals surface area contributed by atoms with E-state index < -0.39 is 0 Å². The molecule has 1 unspecified atom stereocenters. The van der Waals surface area contributed by atoms with Crippen LogP contribution < -0.4 is 5.32 Å². The second kappa shape index (κ2) is 15.1. The molecular weight excluding hydrogens is 517 g/mol. The van der Waals surface area contributed by atoms with Gasteiger partial charge in [0.15, 0.2) is 5.96 Å². The van der Waals surface area contributed by atoms with Crippen LogP contribution in [0.1, 0.15) is 24.5 Å².